The highest BCUT2D eigenvalue weighted by Crippen LogP contribution is 2.29. The van der Waals surface area contributed by atoms with E-state index in [2.05, 4.69) is 19.4 Å². The Hall–Kier alpha value is -3.50. The lowest BCUT2D eigenvalue weighted by molar-refractivity contribution is 0.179. The van der Waals surface area contributed by atoms with Gasteiger partial charge in [0, 0.05) is 61.3 Å². The van der Waals surface area contributed by atoms with Gasteiger partial charge in [0.2, 0.25) is 0 Å². The Morgan fingerprint density at radius 1 is 1.20 bits per heavy atom. The first kappa shape index (κ1) is 18.5. The number of pyridine rings is 2. The maximum atomic E-state index is 14.2. The standard InChI is InChI=1S/C23H20FN5O/c24-20-11-15(12-25)1-2-16(20)14-28-8-4-17(5-9-28)29-10-6-21(30)19-13-27-23-18(22(19)29)3-7-26-23/h1-3,6-7,10-11,13,17H,4-5,8-9,14H2,(H,26,27). The molecule has 5 rings (SSSR count). The zero-order valence-corrected chi connectivity index (χ0v) is 16.3. The van der Waals surface area contributed by atoms with Gasteiger partial charge in [-0.25, -0.2) is 9.37 Å². The highest BCUT2D eigenvalue weighted by molar-refractivity contribution is 6.02. The molecule has 1 N–H and O–H groups in total. The van der Waals surface area contributed by atoms with Crippen LogP contribution in [0.25, 0.3) is 21.9 Å². The fourth-order valence-corrected chi connectivity index (χ4v) is 4.41. The lowest BCUT2D eigenvalue weighted by Crippen LogP contribution is -2.34. The first-order valence-corrected chi connectivity index (χ1v) is 10.0. The van der Waals surface area contributed by atoms with Crippen LogP contribution in [0.4, 0.5) is 4.39 Å². The molecule has 4 heterocycles. The number of H-pyrrole nitrogens is 1. The molecule has 1 saturated heterocycles. The summed E-state index contributed by atoms with van der Waals surface area (Å²) in [6.07, 6.45) is 7.19. The largest absolute Gasteiger partial charge is 0.346 e. The van der Waals surface area contributed by atoms with Gasteiger partial charge in [-0.15, -0.1) is 0 Å². The Morgan fingerprint density at radius 3 is 2.80 bits per heavy atom. The van der Waals surface area contributed by atoms with Gasteiger partial charge < -0.3 is 9.55 Å². The molecule has 6 nitrogen and oxygen atoms in total. The molecule has 0 aliphatic carbocycles. The molecule has 0 unspecified atom stereocenters. The van der Waals surface area contributed by atoms with Gasteiger partial charge in [0.1, 0.15) is 11.5 Å². The van der Waals surface area contributed by atoms with E-state index in [1.807, 2.05) is 24.5 Å². The molecule has 150 valence electrons. The van der Waals surface area contributed by atoms with Crippen LogP contribution in [0.5, 0.6) is 0 Å². The van der Waals surface area contributed by atoms with Crippen molar-refractivity contribution in [3.05, 3.63) is 76.1 Å². The Morgan fingerprint density at radius 2 is 2.03 bits per heavy atom. The van der Waals surface area contributed by atoms with Crippen molar-refractivity contribution in [2.45, 2.75) is 25.4 Å². The molecule has 4 aromatic rings. The number of hydrogen-bond acceptors (Lipinski definition) is 4. The van der Waals surface area contributed by atoms with E-state index in [0.717, 1.165) is 42.5 Å². The van der Waals surface area contributed by atoms with Gasteiger partial charge in [0.15, 0.2) is 5.43 Å². The number of likely N-dealkylation sites (tertiary alicyclic amines) is 1. The molecular formula is C23H20FN5O. The zero-order valence-electron chi connectivity index (χ0n) is 16.3. The van der Waals surface area contributed by atoms with E-state index < -0.39 is 0 Å². The van der Waals surface area contributed by atoms with Gasteiger partial charge in [-0.3, -0.25) is 9.69 Å². The number of piperidine rings is 1. The number of nitrogens with zero attached hydrogens (tertiary/aromatic N) is 4. The second kappa shape index (κ2) is 7.39. The molecule has 0 radical (unpaired) electrons. The highest BCUT2D eigenvalue weighted by atomic mass is 19.1. The van der Waals surface area contributed by atoms with Crippen molar-refractivity contribution in [2.24, 2.45) is 0 Å². The molecule has 1 aliphatic heterocycles. The Kier molecular flexibility index (Phi) is 4.57. The molecule has 30 heavy (non-hydrogen) atoms. The van der Waals surface area contributed by atoms with Crippen LogP contribution >= 0.6 is 0 Å². The summed E-state index contributed by atoms with van der Waals surface area (Å²) in [6, 6.07) is 10.5. The Balaban J connectivity index is 1.39. The van der Waals surface area contributed by atoms with Crippen molar-refractivity contribution < 1.29 is 4.39 Å². The quantitative estimate of drug-likeness (QED) is 0.568. The number of aromatic amines is 1. The van der Waals surface area contributed by atoms with Gasteiger partial charge >= 0.3 is 0 Å². The first-order valence-electron chi connectivity index (χ1n) is 10.0. The van der Waals surface area contributed by atoms with Crippen LogP contribution in [0.2, 0.25) is 0 Å². The van der Waals surface area contributed by atoms with Crippen molar-refractivity contribution in [3.8, 4) is 6.07 Å². The van der Waals surface area contributed by atoms with Gasteiger partial charge in [0.25, 0.3) is 0 Å². The van der Waals surface area contributed by atoms with Crippen LogP contribution in [0.3, 0.4) is 0 Å². The minimum atomic E-state index is -0.329. The minimum Gasteiger partial charge on any atom is -0.346 e. The molecule has 7 heteroatoms. The van der Waals surface area contributed by atoms with E-state index >= 15 is 0 Å². The van der Waals surface area contributed by atoms with Crippen LogP contribution in [-0.2, 0) is 6.54 Å². The van der Waals surface area contributed by atoms with E-state index in [9.17, 15) is 9.18 Å². The van der Waals surface area contributed by atoms with Crippen molar-refractivity contribution in [2.75, 3.05) is 13.1 Å². The average Bonchev–Trinajstić information content (AvgIpc) is 3.25. The Bertz CT molecular complexity index is 1340. The van der Waals surface area contributed by atoms with Gasteiger partial charge in [-0.1, -0.05) is 6.07 Å². The normalized spacial score (nSPS) is 15.6. The second-order valence-corrected chi connectivity index (χ2v) is 7.77. The van der Waals surface area contributed by atoms with Crippen molar-refractivity contribution in [1.82, 2.24) is 19.4 Å². The monoisotopic (exact) mass is 401 g/mol. The highest BCUT2D eigenvalue weighted by Gasteiger charge is 2.23. The summed E-state index contributed by atoms with van der Waals surface area (Å²) in [7, 11) is 0. The summed E-state index contributed by atoms with van der Waals surface area (Å²) in [4.78, 5) is 22.1. The number of benzene rings is 1. The number of fused-ring (bicyclic) bond motifs is 3. The molecule has 0 saturated carbocycles. The lowest BCUT2D eigenvalue weighted by Gasteiger charge is -2.34. The molecule has 1 aromatic carbocycles. The predicted octanol–water partition coefficient (Wildman–Crippen LogP) is 3.73. The number of aromatic nitrogens is 3. The van der Waals surface area contributed by atoms with E-state index in [4.69, 9.17) is 5.26 Å². The van der Waals surface area contributed by atoms with Crippen molar-refractivity contribution in [3.63, 3.8) is 0 Å². The summed E-state index contributed by atoms with van der Waals surface area (Å²) >= 11 is 0. The molecule has 3 aromatic heterocycles. The fourth-order valence-electron chi connectivity index (χ4n) is 4.41. The third-order valence-corrected chi connectivity index (χ3v) is 5.99. The second-order valence-electron chi connectivity index (χ2n) is 7.77. The summed E-state index contributed by atoms with van der Waals surface area (Å²) in [5.41, 5.74) is 2.62. The molecule has 0 amide bonds. The average molecular weight is 401 g/mol. The van der Waals surface area contributed by atoms with E-state index in [-0.39, 0.29) is 17.3 Å². The van der Waals surface area contributed by atoms with Crippen LogP contribution in [0, 0.1) is 17.1 Å². The smallest absolute Gasteiger partial charge is 0.190 e. The molecule has 0 bridgehead atoms. The SMILES string of the molecule is N#Cc1ccc(CN2CCC(n3ccc(=O)c4cnc5[nH]ccc5c43)CC2)c(F)c1. The molecular weight excluding hydrogens is 381 g/mol. The third-order valence-electron chi connectivity index (χ3n) is 5.99. The van der Waals surface area contributed by atoms with Gasteiger partial charge in [-0.05, 0) is 31.0 Å². The van der Waals surface area contributed by atoms with Gasteiger partial charge in [0.05, 0.1) is 22.5 Å². The third kappa shape index (κ3) is 3.15. The molecule has 0 spiro atoms. The lowest BCUT2D eigenvalue weighted by atomic mass is 10.0. The predicted molar refractivity (Wildman–Crippen MR) is 113 cm³/mol. The van der Waals surface area contributed by atoms with Gasteiger partial charge in [-0.2, -0.15) is 5.26 Å². The maximum Gasteiger partial charge on any atom is 0.190 e. The summed E-state index contributed by atoms with van der Waals surface area (Å²) < 4.78 is 16.4. The number of nitriles is 1. The van der Waals surface area contributed by atoms with Crippen molar-refractivity contribution >= 4 is 21.9 Å². The maximum absolute atomic E-state index is 14.2. The number of hydrogen-bond donors (Lipinski definition) is 1. The van der Waals surface area contributed by atoms with Crippen LogP contribution in [0.15, 0.2) is 53.7 Å². The van der Waals surface area contributed by atoms with E-state index in [0.29, 0.717) is 23.1 Å². The first-order chi connectivity index (χ1) is 14.6. The minimum absolute atomic E-state index is 0.0226. The van der Waals surface area contributed by atoms with Crippen LogP contribution < -0.4 is 5.43 Å². The topological polar surface area (TPSA) is 77.7 Å². The fraction of sp³-hybridized carbons (Fsp3) is 0.261. The summed E-state index contributed by atoms with van der Waals surface area (Å²) in [5, 5.41) is 10.5. The summed E-state index contributed by atoms with van der Waals surface area (Å²) in [6.45, 7) is 2.19. The number of halogens is 1. The molecule has 1 aliphatic rings. The summed E-state index contributed by atoms with van der Waals surface area (Å²) in [5.74, 6) is -0.329. The van der Waals surface area contributed by atoms with E-state index in [1.165, 1.54) is 6.07 Å². The number of rotatable bonds is 3. The zero-order chi connectivity index (χ0) is 20.7. The van der Waals surface area contributed by atoms with Crippen LogP contribution in [0.1, 0.15) is 30.0 Å². The van der Waals surface area contributed by atoms with E-state index in [1.54, 1.807) is 24.4 Å². The molecule has 1 fully saturated rings. The van der Waals surface area contributed by atoms with Crippen LogP contribution in [-0.4, -0.2) is 32.5 Å². The number of nitrogens with one attached hydrogen (secondary N) is 1. The van der Waals surface area contributed by atoms with Crippen molar-refractivity contribution in [1.29, 1.82) is 5.26 Å². The Labute approximate surface area is 172 Å². The molecule has 0 atom stereocenters.